The van der Waals surface area contributed by atoms with Crippen LogP contribution in [0.2, 0.25) is 0 Å². The Kier molecular flexibility index (Phi) is 4.62. The first kappa shape index (κ1) is 15.9. The first-order chi connectivity index (χ1) is 9.80. The number of pyridine rings is 1. The van der Waals surface area contributed by atoms with E-state index in [1.165, 1.54) is 11.1 Å². The minimum absolute atomic E-state index is 0.0134. The molecule has 0 radical (unpaired) electrons. The summed E-state index contributed by atoms with van der Waals surface area (Å²) in [5.41, 5.74) is 0.284. The molecule has 0 bridgehead atoms. The van der Waals surface area contributed by atoms with Gasteiger partial charge in [0, 0.05) is 12.7 Å². The van der Waals surface area contributed by atoms with Crippen LogP contribution in [0.4, 0.5) is 0 Å². The van der Waals surface area contributed by atoms with Gasteiger partial charge in [-0.3, -0.25) is 9.59 Å². The number of aromatic nitrogens is 1. The van der Waals surface area contributed by atoms with Gasteiger partial charge in [-0.15, -0.1) is 0 Å². The molecule has 1 fully saturated rings. The van der Waals surface area contributed by atoms with Crippen LogP contribution >= 0.6 is 15.9 Å². The minimum atomic E-state index is -3.32. The number of amides is 1. The molecule has 1 unspecified atom stereocenters. The van der Waals surface area contributed by atoms with Crippen LogP contribution in [-0.2, 0) is 14.6 Å². The number of nitrogens with zero attached hydrogens (tertiary/aromatic N) is 2. The van der Waals surface area contributed by atoms with Gasteiger partial charge in [0.2, 0.25) is 0 Å². The Morgan fingerprint density at radius 3 is 2.81 bits per heavy atom. The van der Waals surface area contributed by atoms with E-state index in [0.29, 0.717) is 4.60 Å². The number of carboxylic acid groups (broad SMARTS) is 1. The molecule has 0 aromatic carbocycles. The third-order valence-corrected chi connectivity index (χ3v) is 5.52. The Morgan fingerprint density at radius 1 is 1.48 bits per heavy atom. The number of carboxylic acids is 1. The second kappa shape index (κ2) is 6.10. The number of carbonyl (C=O) groups excluding carboxylic acids is 1. The molecule has 2 heterocycles. The molecule has 0 saturated carbocycles. The third-order valence-electron chi connectivity index (χ3n) is 3.19. The Hall–Kier alpha value is -1.48. The van der Waals surface area contributed by atoms with Gasteiger partial charge in [0.05, 0.1) is 29.5 Å². The molecule has 0 aliphatic carbocycles. The SMILES string of the molecule is O=C(O)CC1CS(=O)(=O)CCN1C(=O)c1cccnc1Br. The Bertz CT molecular complexity index is 676. The highest BCUT2D eigenvalue weighted by Gasteiger charge is 2.36. The fourth-order valence-corrected chi connectivity index (χ4v) is 4.17. The van der Waals surface area contributed by atoms with Gasteiger partial charge < -0.3 is 10.0 Å². The molecule has 2 rings (SSSR count). The number of hydrogen-bond donors (Lipinski definition) is 1. The van der Waals surface area contributed by atoms with Crippen LogP contribution in [0, 0.1) is 0 Å². The molecule has 7 nitrogen and oxygen atoms in total. The zero-order valence-corrected chi connectivity index (χ0v) is 13.3. The second-order valence-electron chi connectivity index (χ2n) is 4.71. The minimum Gasteiger partial charge on any atom is -0.481 e. The quantitative estimate of drug-likeness (QED) is 0.772. The molecule has 114 valence electrons. The molecule has 9 heteroatoms. The van der Waals surface area contributed by atoms with Crippen LogP contribution in [-0.4, -0.2) is 59.4 Å². The van der Waals surface area contributed by atoms with Crippen molar-refractivity contribution in [2.75, 3.05) is 18.1 Å². The molecule has 1 aliphatic rings. The number of halogens is 1. The first-order valence-corrected chi connectivity index (χ1v) is 8.75. The highest BCUT2D eigenvalue weighted by Crippen LogP contribution is 2.21. The predicted molar refractivity (Wildman–Crippen MR) is 77.7 cm³/mol. The fraction of sp³-hybridized carbons (Fsp3) is 0.417. The number of aliphatic carboxylic acids is 1. The van der Waals surface area contributed by atoms with Gasteiger partial charge in [0.15, 0.2) is 9.84 Å². The third kappa shape index (κ3) is 3.79. The van der Waals surface area contributed by atoms with Crippen molar-refractivity contribution in [1.29, 1.82) is 0 Å². The van der Waals surface area contributed by atoms with Crippen molar-refractivity contribution in [1.82, 2.24) is 9.88 Å². The van der Waals surface area contributed by atoms with Crippen molar-refractivity contribution in [3.05, 3.63) is 28.5 Å². The van der Waals surface area contributed by atoms with Crippen LogP contribution in [0.5, 0.6) is 0 Å². The number of sulfone groups is 1. The van der Waals surface area contributed by atoms with Gasteiger partial charge >= 0.3 is 5.97 Å². The first-order valence-electron chi connectivity index (χ1n) is 6.14. The van der Waals surface area contributed by atoms with Crippen LogP contribution in [0.3, 0.4) is 0 Å². The van der Waals surface area contributed by atoms with Gasteiger partial charge in [0.25, 0.3) is 5.91 Å². The average Bonchev–Trinajstić information content (AvgIpc) is 2.37. The summed E-state index contributed by atoms with van der Waals surface area (Å²) in [5, 5.41) is 8.91. The normalized spacial score (nSPS) is 21.0. The zero-order chi connectivity index (χ0) is 15.6. The van der Waals surface area contributed by atoms with Crippen LogP contribution < -0.4 is 0 Å². The summed E-state index contributed by atoms with van der Waals surface area (Å²) in [6.07, 6.45) is 1.11. The summed E-state index contributed by atoms with van der Waals surface area (Å²) in [7, 11) is -3.32. The highest BCUT2D eigenvalue weighted by molar-refractivity contribution is 9.10. The van der Waals surface area contributed by atoms with E-state index in [1.807, 2.05) is 0 Å². The van der Waals surface area contributed by atoms with Crippen molar-refractivity contribution < 1.29 is 23.1 Å². The Labute approximate surface area is 130 Å². The van der Waals surface area contributed by atoms with Crippen molar-refractivity contribution in [3.8, 4) is 0 Å². The van der Waals surface area contributed by atoms with E-state index >= 15 is 0 Å². The van der Waals surface area contributed by atoms with Crippen LogP contribution in [0.15, 0.2) is 22.9 Å². The molecule has 0 spiro atoms. The van der Waals surface area contributed by atoms with Crippen molar-refractivity contribution in [2.45, 2.75) is 12.5 Å². The van der Waals surface area contributed by atoms with Gasteiger partial charge in [-0.2, -0.15) is 0 Å². The molecular weight excluding hydrogens is 364 g/mol. The lowest BCUT2D eigenvalue weighted by Crippen LogP contribution is -2.52. The van der Waals surface area contributed by atoms with Crippen LogP contribution in [0.25, 0.3) is 0 Å². The number of carbonyl (C=O) groups is 2. The summed E-state index contributed by atoms with van der Waals surface area (Å²) in [5.74, 6) is -2.05. The Balaban J connectivity index is 2.29. The van der Waals surface area contributed by atoms with Crippen molar-refractivity contribution in [2.24, 2.45) is 0 Å². The summed E-state index contributed by atoms with van der Waals surface area (Å²) in [6.45, 7) is -0.0134. The molecule has 1 aromatic heterocycles. The van der Waals surface area contributed by atoms with Crippen molar-refractivity contribution in [3.63, 3.8) is 0 Å². The maximum atomic E-state index is 12.5. The summed E-state index contributed by atoms with van der Waals surface area (Å²) in [6, 6.07) is 2.28. The standard InChI is InChI=1S/C12H13BrN2O5S/c13-11-9(2-1-3-14-11)12(18)15-4-5-21(19,20)7-8(15)6-10(16)17/h1-3,8H,4-7H2,(H,16,17). The zero-order valence-electron chi connectivity index (χ0n) is 10.9. The van der Waals surface area contributed by atoms with E-state index in [2.05, 4.69) is 20.9 Å². The Morgan fingerprint density at radius 2 is 2.19 bits per heavy atom. The highest BCUT2D eigenvalue weighted by atomic mass is 79.9. The molecule has 1 atom stereocenters. The van der Waals surface area contributed by atoms with E-state index in [4.69, 9.17) is 5.11 Å². The monoisotopic (exact) mass is 376 g/mol. The van der Waals surface area contributed by atoms with E-state index in [1.54, 1.807) is 12.1 Å². The van der Waals surface area contributed by atoms with Crippen molar-refractivity contribution >= 4 is 37.6 Å². The molecule has 1 aliphatic heterocycles. The van der Waals surface area contributed by atoms with Crippen LogP contribution in [0.1, 0.15) is 16.8 Å². The van der Waals surface area contributed by atoms with E-state index < -0.39 is 34.2 Å². The topological polar surface area (TPSA) is 105 Å². The number of hydrogen-bond acceptors (Lipinski definition) is 5. The largest absolute Gasteiger partial charge is 0.481 e. The smallest absolute Gasteiger partial charge is 0.305 e. The lowest BCUT2D eigenvalue weighted by Gasteiger charge is -2.34. The number of rotatable bonds is 3. The van der Waals surface area contributed by atoms with Gasteiger partial charge in [-0.25, -0.2) is 13.4 Å². The maximum Gasteiger partial charge on any atom is 0.305 e. The molecule has 1 saturated heterocycles. The molecule has 1 amide bonds. The maximum absolute atomic E-state index is 12.5. The lowest BCUT2D eigenvalue weighted by molar-refractivity contribution is -0.138. The molecule has 1 N–H and O–H groups in total. The molecule has 21 heavy (non-hydrogen) atoms. The van der Waals surface area contributed by atoms with E-state index in [0.717, 1.165) is 0 Å². The predicted octanol–water partition coefficient (Wildman–Crippen LogP) is 0.558. The summed E-state index contributed by atoms with van der Waals surface area (Å²) >= 11 is 3.16. The molecular formula is C12H13BrN2O5S. The van der Waals surface area contributed by atoms with Gasteiger partial charge in [-0.1, -0.05) is 0 Å². The summed E-state index contributed by atoms with van der Waals surface area (Å²) < 4.78 is 23.7. The fourth-order valence-electron chi connectivity index (χ4n) is 2.22. The van der Waals surface area contributed by atoms with Gasteiger partial charge in [0.1, 0.15) is 4.60 Å². The van der Waals surface area contributed by atoms with E-state index in [9.17, 15) is 18.0 Å². The second-order valence-corrected chi connectivity index (χ2v) is 7.69. The summed E-state index contributed by atoms with van der Waals surface area (Å²) in [4.78, 5) is 28.6. The molecule has 1 aromatic rings. The van der Waals surface area contributed by atoms with E-state index in [-0.39, 0.29) is 23.6 Å². The average molecular weight is 377 g/mol. The lowest BCUT2D eigenvalue weighted by atomic mass is 10.1. The van der Waals surface area contributed by atoms with Gasteiger partial charge in [-0.05, 0) is 28.1 Å².